The van der Waals surface area contributed by atoms with Crippen LogP contribution < -0.4 is 10.2 Å². The standard InChI is InChI=1S/C18H22N2S2/c1-21-14-7-8-16(18(13-14)22-2)15-5-3-4-6-17(15)20-11-9-19-10-12-20/h3-8,13,19H,9-12H2,1-2H3/i1D3,2D3. The van der Waals surface area contributed by atoms with Crippen LogP contribution in [0, 0.1) is 0 Å². The van der Waals surface area contributed by atoms with Crippen LogP contribution in [0.5, 0.6) is 0 Å². The molecule has 1 heterocycles. The first-order chi connectivity index (χ1) is 13.1. The van der Waals surface area contributed by atoms with Crippen molar-refractivity contribution in [1.82, 2.24) is 5.32 Å². The van der Waals surface area contributed by atoms with E-state index in [0.717, 1.165) is 66.5 Å². The van der Waals surface area contributed by atoms with Gasteiger partial charge in [-0.05, 0) is 36.1 Å². The van der Waals surface area contributed by atoms with E-state index >= 15 is 0 Å². The van der Waals surface area contributed by atoms with E-state index in [4.69, 9.17) is 8.22 Å². The lowest BCUT2D eigenvalue weighted by molar-refractivity contribution is 0.589. The van der Waals surface area contributed by atoms with Crippen molar-refractivity contribution >= 4 is 29.2 Å². The minimum absolute atomic E-state index is 0.537. The van der Waals surface area contributed by atoms with Crippen LogP contribution in [0.2, 0.25) is 0 Å². The largest absolute Gasteiger partial charge is 0.368 e. The summed E-state index contributed by atoms with van der Waals surface area (Å²) >= 11 is 1.55. The Hall–Kier alpha value is -1.10. The quantitative estimate of drug-likeness (QED) is 0.841. The maximum Gasteiger partial charge on any atom is 0.0447 e. The van der Waals surface area contributed by atoms with Crippen LogP contribution in [0.15, 0.2) is 52.3 Å². The van der Waals surface area contributed by atoms with E-state index in [1.807, 2.05) is 24.3 Å². The first kappa shape index (κ1) is 9.91. The average molecular weight is 337 g/mol. The van der Waals surface area contributed by atoms with Gasteiger partial charge in [-0.2, -0.15) is 0 Å². The topological polar surface area (TPSA) is 15.3 Å². The highest BCUT2D eigenvalue weighted by Gasteiger charge is 2.16. The van der Waals surface area contributed by atoms with Crippen molar-refractivity contribution in [1.29, 1.82) is 0 Å². The molecule has 2 aromatic carbocycles. The van der Waals surface area contributed by atoms with Crippen molar-refractivity contribution in [2.75, 3.05) is 43.4 Å². The van der Waals surface area contributed by atoms with E-state index in [0.29, 0.717) is 9.79 Å². The summed E-state index contributed by atoms with van der Waals surface area (Å²) in [6.07, 6.45) is -4.40. The van der Waals surface area contributed by atoms with Gasteiger partial charge in [-0.15, -0.1) is 23.5 Å². The first-order valence-electron chi connectivity index (χ1n) is 10.2. The van der Waals surface area contributed by atoms with Gasteiger partial charge in [0.25, 0.3) is 0 Å². The molecule has 0 aromatic heterocycles. The van der Waals surface area contributed by atoms with E-state index in [9.17, 15) is 0 Å². The van der Waals surface area contributed by atoms with Crippen LogP contribution in [-0.2, 0) is 0 Å². The Balaban J connectivity index is 2.05. The van der Waals surface area contributed by atoms with Gasteiger partial charge in [0, 0.05) is 55.4 Å². The number of nitrogens with one attached hydrogen (secondary N) is 1. The smallest absolute Gasteiger partial charge is 0.0447 e. The molecule has 0 bridgehead atoms. The molecule has 1 aliphatic heterocycles. The Bertz CT molecular complexity index is 816. The summed E-state index contributed by atoms with van der Waals surface area (Å²) in [5, 5.41) is 3.34. The number of nitrogens with zero attached hydrogens (tertiary/aromatic N) is 1. The van der Waals surface area contributed by atoms with E-state index in [1.165, 1.54) is 0 Å². The van der Waals surface area contributed by atoms with Gasteiger partial charge in [-0.25, -0.2) is 0 Å². The summed E-state index contributed by atoms with van der Waals surface area (Å²) in [6, 6.07) is 13.2. The fourth-order valence-electron chi connectivity index (χ4n) is 2.76. The molecular formula is C18H22N2S2. The van der Waals surface area contributed by atoms with Gasteiger partial charge in [-0.1, -0.05) is 24.3 Å². The molecule has 1 fully saturated rings. The Labute approximate surface area is 150 Å². The molecule has 3 rings (SSSR count). The summed E-state index contributed by atoms with van der Waals surface area (Å²) in [6.45, 7) is 3.57. The number of piperazine rings is 1. The lowest BCUT2D eigenvalue weighted by Gasteiger charge is -2.31. The van der Waals surface area contributed by atoms with Crippen molar-refractivity contribution in [2.45, 2.75) is 9.79 Å². The highest BCUT2D eigenvalue weighted by Crippen LogP contribution is 2.38. The third-order valence-corrected chi connectivity index (χ3v) is 4.88. The Morgan fingerprint density at radius 3 is 2.64 bits per heavy atom. The molecule has 0 spiro atoms. The van der Waals surface area contributed by atoms with Gasteiger partial charge in [-0.3, -0.25) is 0 Å². The van der Waals surface area contributed by atoms with Crippen LogP contribution in [-0.4, -0.2) is 38.5 Å². The molecule has 0 amide bonds. The molecular weight excluding hydrogens is 308 g/mol. The minimum Gasteiger partial charge on any atom is -0.368 e. The second-order valence-corrected chi connectivity index (χ2v) is 6.44. The molecule has 1 aliphatic rings. The van der Waals surface area contributed by atoms with Gasteiger partial charge in [0.15, 0.2) is 0 Å². The Morgan fingerprint density at radius 2 is 1.82 bits per heavy atom. The third kappa shape index (κ3) is 3.29. The molecule has 0 aliphatic carbocycles. The second kappa shape index (κ2) is 7.44. The fraction of sp³-hybridized carbons (Fsp3) is 0.333. The number of para-hydroxylation sites is 1. The van der Waals surface area contributed by atoms with E-state index < -0.39 is 12.4 Å². The number of thioether (sulfide) groups is 2. The summed E-state index contributed by atoms with van der Waals surface area (Å²) in [7, 11) is 0. The molecule has 0 saturated carbocycles. The predicted octanol–water partition coefficient (Wildman–Crippen LogP) is 4.21. The first-order valence-corrected chi connectivity index (χ1v) is 8.83. The highest BCUT2D eigenvalue weighted by molar-refractivity contribution is 7.99. The van der Waals surface area contributed by atoms with Crippen molar-refractivity contribution < 1.29 is 8.22 Å². The van der Waals surface area contributed by atoms with E-state index in [-0.39, 0.29) is 0 Å². The zero-order valence-electron chi connectivity index (χ0n) is 18.1. The molecule has 22 heavy (non-hydrogen) atoms. The van der Waals surface area contributed by atoms with Crippen molar-refractivity contribution in [3.63, 3.8) is 0 Å². The van der Waals surface area contributed by atoms with Crippen molar-refractivity contribution in [3.05, 3.63) is 42.5 Å². The highest BCUT2D eigenvalue weighted by atomic mass is 32.2. The zero-order chi connectivity index (χ0) is 20.4. The molecule has 116 valence electrons. The van der Waals surface area contributed by atoms with Crippen LogP contribution in [0.1, 0.15) is 8.22 Å². The van der Waals surface area contributed by atoms with Crippen LogP contribution in [0.3, 0.4) is 0 Å². The summed E-state index contributed by atoms with van der Waals surface area (Å²) in [5.74, 6) is 0. The third-order valence-electron chi connectivity index (χ3n) is 3.83. The van der Waals surface area contributed by atoms with Gasteiger partial charge in [0.05, 0.1) is 0 Å². The lowest BCUT2D eigenvalue weighted by atomic mass is 10.0. The Morgan fingerprint density at radius 1 is 1.00 bits per heavy atom. The van der Waals surface area contributed by atoms with Crippen molar-refractivity contribution in [3.8, 4) is 11.1 Å². The predicted molar refractivity (Wildman–Crippen MR) is 101 cm³/mol. The van der Waals surface area contributed by atoms with Crippen LogP contribution in [0.4, 0.5) is 5.69 Å². The van der Waals surface area contributed by atoms with Crippen LogP contribution in [0.25, 0.3) is 11.1 Å². The SMILES string of the molecule is [2H]C([2H])([2H])Sc1ccc(-c2ccccc2N2CCNCC2)c(SC([2H])([2H])[2H])c1. The number of rotatable bonds is 4. The lowest BCUT2D eigenvalue weighted by Crippen LogP contribution is -2.43. The molecule has 4 heteroatoms. The molecule has 2 aromatic rings. The maximum atomic E-state index is 7.69. The molecule has 2 nitrogen and oxygen atoms in total. The Kier molecular flexibility index (Phi) is 3.35. The number of hydrogen-bond donors (Lipinski definition) is 1. The molecule has 0 atom stereocenters. The van der Waals surface area contributed by atoms with Crippen LogP contribution >= 0.6 is 23.5 Å². The molecule has 1 N–H and O–H groups in total. The summed E-state index contributed by atoms with van der Waals surface area (Å²) < 4.78 is 45.5. The van der Waals surface area contributed by atoms with Gasteiger partial charge in [0.1, 0.15) is 0 Å². The summed E-state index contributed by atoms with van der Waals surface area (Å²) in [4.78, 5) is 3.40. The number of benzene rings is 2. The maximum absolute atomic E-state index is 7.69. The zero-order valence-corrected chi connectivity index (χ0v) is 13.8. The number of hydrogen-bond acceptors (Lipinski definition) is 4. The van der Waals surface area contributed by atoms with Gasteiger partial charge in [0.2, 0.25) is 0 Å². The minimum atomic E-state index is -2.22. The second-order valence-electron chi connectivity index (χ2n) is 5.12. The van der Waals surface area contributed by atoms with Gasteiger partial charge < -0.3 is 10.2 Å². The number of anilines is 1. The fourth-order valence-corrected chi connectivity index (χ4v) is 3.62. The normalized spacial score (nSPS) is 20.3. The van der Waals surface area contributed by atoms with E-state index in [2.05, 4.69) is 16.3 Å². The van der Waals surface area contributed by atoms with Crippen molar-refractivity contribution in [2.24, 2.45) is 0 Å². The summed E-state index contributed by atoms with van der Waals surface area (Å²) in [5.41, 5.74) is 2.83. The average Bonchev–Trinajstić information content (AvgIpc) is 2.60. The molecule has 1 saturated heterocycles. The monoisotopic (exact) mass is 336 g/mol. The molecule has 0 radical (unpaired) electrons. The molecule has 0 unspecified atom stereocenters. The van der Waals surface area contributed by atoms with E-state index in [1.54, 1.807) is 12.1 Å². The van der Waals surface area contributed by atoms with Gasteiger partial charge >= 0.3 is 0 Å².